The maximum absolute atomic E-state index is 11.0. The van der Waals surface area contributed by atoms with E-state index in [1.165, 1.54) is 17.8 Å². The number of hydrogen-bond acceptors (Lipinski definition) is 5. The molecule has 0 saturated heterocycles. The fourth-order valence-corrected chi connectivity index (χ4v) is 2.79. The highest BCUT2D eigenvalue weighted by molar-refractivity contribution is 8.01. The summed E-state index contributed by atoms with van der Waals surface area (Å²) in [6.45, 7) is 0. The summed E-state index contributed by atoms with van der Waals surface area (Å²) in [4.78, 5) is 21.8. The average molecular weight is 281 g/mol. The third-order valence-corrected chi connectivity index (χ3v) is 4.02. The molecule has 0 bridgehead atoms. The van der Waals surface area contributed by atoms with Crippen LogP contribution in [0.25, 0.3) is 0 Å². The largest absolute Gasteiger partial charge is 0.536 e. The first-order chi connectivity index (χ1) is 8.99. The van der Waals surface area contributed by atoms with Crippen molar-refractivity contribution in [1.29, 1.82) is 0 Å². The number of carboxylic acid groups (broad SMARTS) is 1. The first-order valence-electron chi connectivity index (χ1n) is 5.59. The Labute approximate surface area is 114 Å². The van der Waals surface area contributed by atoms with Gasteiger partial charge in [0.2, 0.25) is 5.91 Å². The van der Waals surface area contributed by atoms with E-state index < -0.39 is 19.0 Å². The average Bonchev–Trinajstić information content (AvgIpc) is 2.35. The first kappa shape index (κ1) is 13.8. The Bertz CT molecular complexity index is 524. The second-order valence-corrected chi connectivity index (χ2v) is 5.35. The van der Waals surface area contributed by atoms with Crippen LogP contribution >= 0.6 is 11.8 Å². The molecule has 0 fully saturated rings. The number of thioether (sulfide) groups is 1. The van der Waals surface area contributed by atoms with E-state index in [-0.39, 0.29) is 22.2 Å². The quantitative estimate of drug-likeness (QED) is 0.666. The van der Waals surface area contributed by atoms with Crippen molar-refractivity contribution >= 4 is 30.8 Å². The van der Waals surface area contributed by atoms with Gasteiger partial charge in [0.1, 0.15) is 5.75 Å². The number of carbonyl (C=O) groups excluding carboxylic acids is 1. The molecule has 6 nitrogen and oxygen atoms in total. The molecule has 0 radical (unpaired) electrons. The molecule has 0 aromatic heterocycles. The summed E-state index contributed by atoms with van der Waals surface area (Å²) in [5, 5.41) is 18.5. The Morgan fingerprint density at radius 3 is 2.89 bits per heavy atom. The van der Waals surface area contributed by atoms with Crippen molar-refractivity contribution in [3.63, 3.8) is 0 Å². The number of primary amides is 1. The molecule has 2 rings (SSSR count). The highest BCUT2D eigenvalue weighted by Gasteiger charge is 2.37. The summed E-state index contributed by atoms with van der Waals surface area (Å²) >= 11 is 1.19. The molecule has 1 aromatic carbocycles. The predicted octanol–water partition coefficient (Wildman–Crippen LogP) is -0.0735. The van der Waals surface area contributed by atoms with Crippen molar-refractivity contribution in [1.82, 2.24) is 0 Å². The molecule has 1 aliphatic rings. The molecule has 4 N–H and O–H groups in total. The Morgan fingerprint density at radius 2 is 2.26 bits per heavy atom. The maximum Gasteiger partial charge on any atom is 0.536 e. The smallest absolute Gasteiger partial charge is 0.535 e. The minimum atomic E-state index is -1.16. The lowest BCUT2D eigenvalue weighted by atomic mass is 9.77. The van der Waals surface area contributed by atoms with Gasteiger partial charge in [-0.15, -0.1) is 11.8 Å². The molecule has 8 heteroatoms. The van der Waals surface area contributed by atoms with E-state index in [1.54, 1.807) is 12.1 Å². The summed E-state index contributed by atoms with van der Waals surface area (Å²) in [7, 11) is -1.16. The minimum absolute atomic E-state index is 0.0231. The zero-order valence-electron chi connectivity index (χ0n) is 9.91. The van der Waals surface area contributed by atoms with Crippen LogP contribution in [0.1, 0.15) is 15.9 Å². The summed E-state index contributed by atoms with van der Waals surface area (Å²) in [6.07, 6.45) is 0.426. The number of aromatic carboxylic acids is 1. The van der Waals surface area contributed by atoms with Gasteiger partial charge >= 0.3 is 13.1 Å². The van der Waals surface area contributed by atoms with Gasteiger partial charge in [0.25, 0.3) is 0 Å². The summed E-state index contributed by atoms with van der Waals surface area (Å²) in [5.41, 5.74) is 5.78. The van der Waals surface area contributed by atoms with Crippen molar-refractivity contribution in [3.8, 4) is 5.75 Å². The fourth-order valence-electron chi connectivity index (χ4n) is 1.90. The van der Waals surface area contributed by atoms with Gasteiger partial charge < -0.3 is 20.5 Å². The molecule has 1 aromatic rings. The minimum Gasteiger partial charge on any atom is -0.535 e. The van der Waals surface area contributed by atoms with Crippen LogP contribution < -0.4 is 10.4 Å². The van der Waals surface area contributed by atoms with Crippen molar-refractivity contribution in [2.75, 3.05) is 5.75 Å². The van der Waals surface area contributed by atoms with E-state index in [4.69, 9.17) is 15.5 Å². The molecule has 100 valence electrons. The zero-order valence-corrected chi connectivity index (χ0v) is 10.7. The van der Waals surface area contributed by atoms with Crippen molar-refractivity contribution in [3.05, 3.63) is 29.3 Å². The SMILES string of the molecule is NC(=O)CSC1Cc2cccc(C(=O)O)c2OB1O. The topological polar surface area (TPSA) is 110 Å². The number of carbonyl (C=O) groups is 2. The molecular weight excluding hydrogens is 269 g/mol. The highest BCUT2D eigenvalue weighted by atomic mass is 32.2. The van der Waals surface area contributed by atoms with Crippen LogP contribution in [0.2, 0.25) is 0 Å². The fraction of sp³-hybridized carbons (Fsp3) is 0.273. The van der Waals surface area contributed by atoms with Crippen LogP contribution in [0, 0.1) is 0 Å². The van der Waals surface area contributed by atoms with Gasteiger partial charge in [0, 0.05) is 0 Å². The van der Waals surface area contributed by atoms with Crippen LogP contribution in [-0.4, -0.2) is 40.0 Å². The van der Waals surface area contributed by atoms with Crippen LogP contribution in [0.4, 0.5) is 0 Å². The number of fused-ring (bicyclic) bond motifs is 1. The van der Waals surface area contributed by atoms with E-state index >= 15 is 0 Å². The monoisotopic (exact) mass is 281 g/mol. The van der Waals surface area contributed by atoms with E-state index in [0.29, 0.717) is 12.0 Å². The second kappa shape index (κ2) is 5.54. The molecule has 19 heavy (non-hydrogen) atoms. The van der Waals surface area contributed by atoms with E-state index in [1.807, 2.05) is 0 Å². The van der Waals surface area contributed by atoms with Crippen LogP contribution in [0.15, 0.2) is 18.2 Å². The zero-order chi connectivity index (χ0) is 14.0. The molecule has 1 unspecified atom stereocenters. The van der Waals surface area contributed by atoms with Crippen molar-refractivity contribution in [2.24, 2.45) is 5.73 Å². The number of nitrogens with two attached hydrogens (primary N) is 1. The Morgan fingerprint density at radius 1 is 1.53 bits per heavy atom. The molecule has 1 heterocycles. The predicted molar refractivity (Wildman–Crippen MR) is 71.1 cm³/mol. The molecule has 1 amide bonds. The van der Waals surface area contributed by atoms with Crippen LogP contribution in [-0.2, 0) is 11.2 Å². The molecule has 1 atom stereocenters. The summed E-state index contributed by atoms with van der Waals surface area (Å²) in [6, 6.07) is 4.79. The third kappa shape index (κ3) is 3.02. The standard InChI is InChI=1S/C11H12BNO5S/c13-9(14)5-19-8-4-6-2-1-3-7(11(15)16)10(6)18-12(8)17/h1-3,8,17H,4-5H2,(H2,13,14)(H,15,16). The molecule has 0 aliphatic carbocycles. The third-order valence-electron chi connectivity index (χ3n) is 2.74. The molecule has 0 saturated carbocycles. The number of hydrogen-bond donors (Lipinski definition) is 3. The van der Waals surface area contributed by atoms with Gasteiger partial charge in [0.05, 0.1) is 16.5 Å². The van der Waals surface area contributed by atoms with Crippen LogP contribution in [0.5, 0.6) is 5.75 Å². The number of rotatable bonds is 4. The highest BCUT2D eigenvalue weighted by Crippen LogP contribution is 2.33. The molecule has 0 spiro atoms. The van der Waals surface area contributed by atoms with Gasteiger partial charge in [-0.05, 0) is 18.1 Å². The summed E-state index contributed by atoms with van der Waals surface area (Å²) in [5.74, 6) is -1.30. The number of para-hydroxylation sites is 1. The maximum atomic E-state index is 11.0. The Hall–Kier alpha value is -1.67. The summed E-state index contributed by atoms with van der Waals surface area (Å²) < 4.78 is 5.27. The lowest BCUT2D eigenvalue weighted by Crippen LogP contribution is -2.41. The first-order valence-corrected chi connectivity index (χ1v) is 6.63. The van der Waals surface area contributed by atoms with E-state index in [9.17, 15) is 14.6 Å². The number of amides is 1. The number of benzene rings is 1. The lowest BCUT2D eigenvalue weighted by Gasteiger charge is -2.27. The normalized spacial score (nSPS) is 17.5. The Balaban J connectivity index is 2.22. The molecule has 1 aliphatic heterocycles. The lowest BCUT2D eigenvalue weighted by molar-refractivity contribution is -0.115. The van der Waals surface area contributed by atoms with Gasteiger partial charge in [-0.3, -0.25) is 4.79 Å². The van der Waals surface area contributed by atoms with Crippen LogP contribution in [0.3, 0.4) is 0 Å². The van der Waals surface area contributed by atoms with Gasteiger partial charge in [-0.1, -0.05) is 12.1 Å². The second-order valence-electron chi connectivity index (χ2n) is 4.13. The van der Waals surface area contributed by atoms with E-state index in [2.05, 4.69) is 0 Å². The van der Waals surface area contributed by atoms with Crippen molar-refractivity contribution in [2.45, 2.75) is 11.6 Å². The Kier molecular flexibility index (Phi) is 4.01. The van der Waals surface area contributed by atoms with Gasteiger partial charge in [0.15, 0.2) is 0 Å². The van der Waals surface area contributed by atoms with Gasteiger partial charge in [-0.25, -0.2) is 4.79 Å². The number of carboxylic acids is 1. The molecular formula is C11H12BNO5S. The van der Waals surface area contributed by atoms with Gasteiger partial charge in [-0.2, -0.15) is 0 Å². The van der Waals surface area contributed by atoms with E-state index in [0.717, 1.165) is 0 Å². The van der Waals surface area contributed by atoms with Crippen molar-refractivity contribution < 1.29 is 24.4 Å².